The fourth-order valence-corrected chi connectivity index (χ4v) is 6.02. The number of hydrogen-bond donors (Lipinski definition) is 2. The molecule has 2 unspecified atom stereocenters. The predicted octanol–water partition coefficient (Wildman–Crippen LogP) is 6.45. The van der Waals surface area contributed by atoms with Crippen LogP contribution in [0, 0.1) is 11.3 Å². The Kier molecular flexibility index (Phi) is 4.94. The van der Waals surface area contributed by atoms with Crippen molar-refractivity contribution in [3.8, 4) is 0 Å². The van der Waals surface area contributed by atoms with Crippen molar-refractivity contribution in [2.24, 2.45) is 11.3 Å². The summed E-state index contributed by atoms with van der Waals surface area (Å²) in [6, 6.07) is 5.36. The maximum atomic E-state index is 12.9. The van der Waals surface area contributed by atoms with Gasteiger partial charge in [0.2, 0.25) is 0 Å². The highest BCUT2D eigenvalue weighted by molar-refractivity contribution is 7.16. The van der Waals surface area contributed by atoms with Crippen LogP contribution in [0.5, 0.6) is 0 Å². The van der Waals surface area contributed by atoms with E-state index in [0.717, 1.165) is 35.4 Å². The van der Waals surface area contributed by atoms with Crippen LogP contribution in [0.4, 0.5) is 5.00 Å². The molecule has 2 atom stereocenters. The van der Waals surface area contributed by atoms with E-state index in [4.69, 9.17) is 23.2 Å². The fraction of sp³-hybridized carbons (Fsp3) is 0.476. The molecule has 2 heterocycles. The first-order chi connectivity index (χ1) is 12.8. The van der Waals surface area contributed by atoms with Gasteiger partial charge in [0.25, 0.3) is 5.91 Å². The summed E-state index contributed by atoms with van der Waals surface area (Å²) in [5.74, 6) is 0.658. The standard InChI is InChI=1S/C21H24Cl2N2OS/c1-4-21(2,3)11-5-7-14-16(9-11)27-20-17(14)19(26)24-18(25-20)13-8-6-12(22)10-15(13)23/h6,8,10-11,18,25H,4-5,7,9H2,1-3H3,(H,24,26). The molecule has 0 radical (unpaired) electrons. The van der Waals surface area contributed by atoms with Crippen molar-refractivity contribution in [2.45, 2.75) is 52.6 Å². The molecule has 2 N–H and O–H groups in total. The summed E-state index contributed by atoms with van der Waals surface area (Å²) in [7, 11) is 0. The van der Waals surface area contributed by atoms with E-state index >= 15 is 0 Å². The number of benzene rings is 1. The third kappa shape index (κ3) is 3.37. The predicted molar refractivity (Wildman–Crippen MR) is 114 cm³/mol. The van der Waals surface area contributed by atoms with E-state index in [1.807, 2.05) is 6.07 Å². The number of anilines is 1. The van der Waals surface area contributed by atoms with Gasteiger partial charge in [-0.3, -0.25) is 4.79 Å². The lowest BCUT2D eigenvalue weighted by Gasteiger charge is -2.36. The second-order valence-corrected chi connectivity index (χ2v) is 10.2. The van der Waals surface area contributed by atoms with E-state index in [9.17, 15) is 4.79 Å². The van der Waals surface area contributed by atoms with Gasteiger partial charge in [-0.15, -0.1) is 11.3 Å². The smallest absolute Gasteiger partial charge is 0.256 e. The molecule has 2 aromatic rings. The van der Waals surface area contributed by atoms with E-state index in [1.165, 1.54) is 16.9 Å². The molecule has 3 nitrogen and oxygen atoms in total. The molecule has 1 aliphatic heterocycles. The van der Waals surface area contributed by atoms with Gasteiger partial charge >= 0.3 is 0 Å². The third-order valence-electron chi connectivity index (χ3n) is 6.33. The van der Waals surface area contributed by atoms with Crippen molar-refractivity contribution in [1.82, 2.24) is 5.32 Å². The van der Waals surface area contributed by atoms with Crippen LogP contribution in [0.15, 0.2) is 18.2 Å². The highest BCUT2D eigenvalue weighted by atomic mass is 35.5. The van der Waals surface area contributed by atoms with Crippen LogP contribution in [0.25, 0.3) is 0 Å². The van der Waals surface area contributed by atoms with Crippen LogP contribution in [0.2, 0.25) is 10.0 Å². The van der Waals surface area contributed by atoms with Crippen molar-refractivity contribution in [3.05, 3.63) is 49.8 Å². The summed E-state index contributed by atoms with van der Waals surface area (Å²) in [5.41, 5.74) is 3.24. The van der Waals surface area contributed by atoms with Crippen molar-refractivity contribution in [1.29, 1.82) is 0 Å². The highest BCUT2D eigenvalue weighted by Crippen LogP contribution is 2.47. The van der Waals surface area contributed by atoms with Crippen molar-refractivity contribution < 1.29 is 4.79 Å². The van der Waals surface area contributed by atoms with Gasteiger partial charge in [-0.05, 0) is 48.3 Å². The number of carbonyl (C=O) groups is 1. The number of fused-ring (bicyclic) bond motifs is 3. The van der Waals surface area contributed by atoms with Gasteiger partial charge in [-0.2, -0.15) is 0 Å². The van der Waals surface area contributed by atoms with E-state index in [1.54, 1.807) is 23.5 Å². The topological polar surface area (TPSA) is 41.1 Å². The second-order valence-electron chi connectivity index (χ2n) is 8.21. The van der Waals surface area contributed by atoms with Crippen molar-refractivity contribution >= 4 is 45.4 Å². The first kappa shape index (κ1) is 19.1. The zero-order valence-corrected chi connectivity index (χ0v) is 18.1. The van der Waals surface area contributed by atoms with Gasteiger partial charge in [0, 0.05) is 20.5 Å². The van der Waals surface area contributed by atoms with Crippen LogP contribution >= 0.6 is 34.5 Å². The van der Waals surface area contributed by atoms with Crippen LogP contribution < -0.4 is 10.6 Å². The quantitative estimate of drug-likeness (QED) is 0.596. The molecule has 0 bridgehead atoms. The molecule has 4 rings (SSSR count). The zero-order valence-electron chi connectivity index (χ0n) is 15.8. The molecule has 1 aromatic carbocycles. The molecule has 0 fully saturated rings. The summed E-state index contributed by atoms with van der Waals surface area (Å²) >= 11 is 14.1. The molecule has 27 heavy (non-hydrogen) atoms. The Bertz CT molecular complexity index is 906. The highest BCUT2D eigenvalue weighted by Gasteiger charge is 2.37. The molecule has 2 aliphatic rings. The molecule has 0 saturated heterocycles. The normalized spacial score (nSPS) is 21.9. The molecule has 6 heteroatoms. The number of thiophene rings is 1. The Hall–Kier alpha value is -1.23. The number of halogens is 2. The maximum Gasteiger partial charge on any atom is 0.256 e. The minimum Gasteiger partial charge on any atom is -0.353 e. The SMILES string of the molecule is CCC(C)(C)C1CCc2c(sc3c2C(=O)NC(c2ccc(Cl)cc2Cl)N3)C1. The Morgan fingerprint density at radius 3 is 2.74 bits per heavy atom. The van der Waals surface area contributed by atoms with Gasteiger partial charge in [-0.25, -0.2) is 0 Å². The Morgan fingerprint density at radius 2 is 2.04 bits per heavy atom. The fourth-order valence-electron chi connectivity index (χ4n) is 4.15. The molecule has 1 amide bonds. The molecular weight excluding hydrogens is 399 g/mol. The van der Waals surface area contributed by atoms with E-state index in [-0.39, 0.29) is 12.1 Å². The van der Waals surface area contributed by atoms with Crippen molar-refractivity contribution in [2.75, 3.05) is 5.32 Å². The lowest BCUT2D eigenvalue weighted by Crippen LogP contribution is -2.38. The second kappa shape index (κ2) is 6.98. The monoisotopic (exact) mass is 422 g/mol. The van der Waals surface area contributed by atoms with Crippen LogP contribution in [0.3, 0.4) is 0 Å². The number of hydrogen-bond acceptors (Lipinski definition) is 3. The maximum absolute atomic E-state index is 12.9. The summed E-state index contributed by atoms with van der Waals surface area (Å²) in [6.45, 7) is 6.99. The van der Waals surface area contributed by atoms with Gasteiger partial charge < -0.3 is 10.6 Å². The van der Waals surface area contributed by atoms with Gasteiger partial charge in [0.1, 0.15) is 11.2 Å². The Labute approximate surface area is 174 Å². The zero-order chi connectivity index (χ0) is 19.3. The number of nitrogens with one attached hydrogen (secondary N) is 2. The molecule has 0 saturated carbocycles. The number of carbonyl (C=O) groups excluding carboxylic acids is 1. The van der Waals surface area contributed by atoms with Crippen molar-refractivity contribution in [3.63, 3.8) is 0 Å². The first-order valence-electron chi connectivity index (χ1n) is 9.47. The Morgan fingerprint density at radius 1 is 1.26 bits per heavy atom. The van der Waals surface area contributed by atoms with E-state index in [0.29, 0.717) is 21.4 Å². The number of amides is 1. The molecule has 144 valence electrons. The minimum atomic E-state index is -0.335. The summed E-state index contributed by atoms with van der Waals surface area (Å²) in [6.07, 6.45) is 4.04. The van der Waals surface area contributed by atoms with E-state index < -0.39 is 0 Å². The molecule has 0 spiro atoms. The third-order valence-corrected chi connectivity index (χ3v) is 8.08. The van der Waals surface area contributed by atoms with Gasteiger partial charge in [0.05, 0.1) is 5.56 Å². The van der Waals surface area contributed by atoms with Crippen LogP contribution in [-0.4, -0.2) is 5.91 Å². The van der Waals surface area contributed by atoms with Gasteiger partial charge in [-0.1, -0.05) is 56.5 Å². The van der Waals surface area contributed by atoms with E-state index in [2.05, 4.69) is 31.4 Å². The first-order valence-corrected chi connectivity index (χ1v) is 11.0. The largest absolute Gasteiger partial charge is 0.353 e. The van der Waals surface area contributed by atoms with Gasteiger partial charge in [0.15, 0.2) is 0 Å². The lowest BCUT2D eigenvalue weighted by atomic mass is 9.69. The molecule has 1 aliphatic carbocycles. The van der Waals surface area contributed by atoms with Crippen LogP contribution in [0.1, 0.15) is 66.1 Å². The average molecular weight is 423 g/mol. The molecule has 1 aromatic heterocycles. The Balaban J connectivity index is 1.65. The number of rotatable bonds is 3. The average Bonchev–Trinajstić information content (AvgIpc) is 2.99. The molecular formula is C21H24Cl2N2OS. The lowest BCUT2D eigenvalue weighted by molar-refractivity contribution is 0.0934. The summed E-state index contributed by atoms with van der Waals surface area (Å²) in [5, 5.41) is 8.66. The van der Waals surface area contributed by atoms with Crippen LogP contribution in [-0.2, 0) is 12.8 Å². The summed E-state index contributed by atoms with van der Waals surface area (Å²) < 4.78 is 0. The minimum absolute atomic E-state index is 0.00883. The summed E-state index contributed by atoms with van der Waals surface area (Å²) in [4.78, 5) is 14.3.